The van der Waals surface area contributed by atoms with Gasteiger partial charge in [-0.2, -0.15) is 5.10 Å². The van der Waals surface area contributed by atoms with Crippen molar-refractivity contribution in [1.29, 1.82) is 0 Å². The fourth-order valence-corrected chi connectivity index (χ4v) is 2.32. The van der Waals surface area contributed by atoms with Crippen molar-refractivity contribution in [3.8, 4) is 0 Å². The lowest BCUT2D eigenvalue weighted by Crippen LogP contribution is -2.31. The lowest BCUT2D eigenvalue weighted by Gasteiger charge is -2.24. The average Bonchev–Trinajstić information content (AvgIpc) is 2.88. The molecule has 0 aliphatic carbocycles. The fraction of sp³-hybridized carbons (Fsp3) is 0.538. The van der Waals surface area contributed by atoms with E-state index < -0.39 is 0 Å². The first kappa shape index (κ1) is 12.8. The normalized spacial score (nSPS) is 15.0. The summed E-state index contributed by atoms with van der Waals surface area (Å²) in [6.07, 6.45) is 7.72. The first-order valence-corrected chi connectivity index (χ1v) is 6.27. The van der Waals surface area contributed by atoms with Crippen molar-refractivity contribution in [2.24, 2.45) is 12.8 Å². The van der Waals surface area contributed by atoms with Gasteiger partial charge in [0.05, 0.1) is 12.2 Å². The second-order valence-corrected chi connectivity index (χ2v) is 5.10. The van der Waals surface area contributed by atoms with Crippen molar-refractivity contribution >= 4 is 0 Å². The molecular weight excluding hydrogens is 226 g/mol. The van der Waals surface area contributed by atoms with Crippen LogP contribution in [0.1, 0.15) is 44.1 Å². The molecule has 0 aliphatic heterocycles. The maximum Gasteiger partial charge on any atom is 0.111 e. The van der Waals surface area contributed by atoms with E-state index in [-0.39, 0.29) is 12.1 Å². The molecule has 2 atom stereocenters. The average molecular weight is 247 g/mol. The van der Waals surface area contributed by atoms with Crippen molar-refractivity contribution in [2.45, 2.75) is 38.8 Å². The summed E-state index contributed by atoms with van der Waals surface area (Å²) in [6.45, 7) is 6.29. The molecule has 0 saturated carbocycles. The van der Waals surface area contributed by atoms with Crippen LogP contribution in [0.4, 0.5) is 0 Å². The van der Waals surface area contributed by atoms with E-state index >= 15 is 0 Å². The van der Waals surface area contributed by atoms with E-state index in [1.54, 1.807) is 4.68 Å². The van der Waals surface area contributed by atoms with E-state index in [1.807, 2.05) is 38.8 Å². The van der Waals surface area contributed by atoms with Crippen LogP contribution in [0.2, 0.25) is 0 Å². The molecule has 98 valence electrons. The van der Waals surface area contributed by atoms with E-state index in [0.717, 1.165) is 11.4 Å². The standard InChI is InChI=1S/C13H21N5/c1-9(2)13-15-5-6-18(13)12(10(3)14)11-7-16-17(4)8-11/h5-10,12H,14H2,1-4H3. The van der Waals surface area contributed by atoms with E-state index in [2.05, 4.69) is 28.5 Å². The minimum atomic E-state index is 0.000833. The summed E-state index contributed by atoms with van der Waals surface area (Å²) in [4.78, 5) is 4.43. The predicted octanol–water partition coefficient (Wildman–Crippen LogP) is 1.68. The van der Waals surface area contributed by atoms with Crippen LogP contribution in [0.3, 0.4) is 0 Å². The molecule has 2 unspecified atom stereocenters. The Morgan fingerprint density at radius 2 is 2.00 bits per heavy atom. The highest BCUT2D eigenvalue weighted by Crippen LogP contribution is 2.25. The van der Waals surface area contributed by atoms with E-state index in [1.165, 1.54) is 0 Å². The molecule has 18 heavy (non-hydrogen) atoms. The van der Waals surface area contributed by atoms with Crippen LogP contribution in [-0.2, 0) is 7.05 Å². The number of nitrogens with zero attached hydrogens (tertiary/aromatic N) is 4. The van der Waals surface area contributed by atoms with Crippen molar-refractivity contribution < 1.29 is 0 Å². The zero-order valence-corrected chi connectivity index (χ0v) is 11.4. The Morgan fingerprint density at radius 3 is 2.50 bits per heavy atom. The van der Waals surface area contributed by atoms with Gasteiger partial charge in [0.2, 0.25) is 0 Å². The molecule has 0 aromatic carbocycles. The van der Waals surface area contributed by atoms with Gasteiger partial charge in [-0.3, -0.25) is 4.68 Å². The van der Waals surface area contributed by atoms with Gasteiger partial charge in [0.25, 0.3) is 0 Å². The number of aromatic nitrogens is 4. The quantitative estimate of drug-likeness (QED) is 0.894. The molecule has 2 rings (SSSR count). The predicted molar refractivity (Wildman–Crippen MR) is 71.3 cm³/mol. The summed E-state index contributed by atoms with van der Waals surface area (Å²) in [5.74, 6) is 1.43. The van der Waals surface area contributed by atoms with Crippen molar-refractivity contribution in [3.63, 3.8) is 0 Å². The summed E-state index contributed by atoms with van der Waals surface area (Å²) in [6, 6.07) is 0.0829. The summed E-state index contributed by atoms with van der Waals surface area (Å²) in [5.41, 5.74) is 7.27. The highest BCUT2D eigenvalue weighted by atomic mass is 15.2. The molecule has 0 bridgehead atoms. The number of rotatable bonds is 4. The van der Waals surface area contributed by atoms with Gasteiger partial charge in [-0.15, -0.1) is 0 Å². The van der Waals surface area contributed by atoms with Gasteiger partial charge in [0.15, 0.2) is 0 Å². The first-order valence-electron chi connectivity index (χ1n) is 6.27. The van der Waals surface area contributed by atoms with Crippen LogP contribution in [0, 0.1) is 0 Å². The Bertz CT molecular complexity index is 509. The molecule has 2 aromatic rings. The van der Waals surface area contributed by atoms with Crippen LogP contribution in [-0.4, -0.2) is 25.4 Å². The molecule has 0 amide bonds. The van der Waals surface area contributed by atoms with Crippen LogP contribution in [0.25, 0.3) is 0 Å². The number of hydrogen-bond donors (Lipinski definition) is 1. The molecule has 0 radical (unpaired) electrons. The van der Waals surface area contributed by atoms with Gasteiger partial charge in [-0.05, 0) is 6.92 Å². The highest BCUT2D eigenvalue weighted by molar-refractivity contribution is 5.17. The van der Waals surface area contributed by atoms with Crippen molar-refractivity contribution in [1.82, 2.24) is 19.3 Å². The van der Waals surface area contributed by atoms with Gasteiger partial charge in [0, 0.05) is 43.2 Å². The molecule has 5 nitrogen and oxygen atoms in total. The van der Waals surface area contributed by atoms with Gasteiger partial charge in [-0.25, -0.2) is 4.98 Å². The Hall–Kier alpha value is -1.62. The maximum absolute atomic E-state index is 6.15. The lowest BCUT2D eigenvalue weighted by molar-refractivity contribution is 0.471. The Kier molecular flexibility index (Phi) is 3.52. The number of imidazole rings is 1. The summed E-state index contributed by atoms with van der Waals surface area (Å²) in [5, 5.41) is 4.23. The molecular formula is C13H21N5. The first-order chi connectivity index (χ1) is 8.50. The summed E-state index contributed by atoms with van der Waals surface area (Å²) < 4.78 is 3.96. The Morgan fingerprint density at radius 1 is 1.28 bits per heavy atom. The van der Waals surface area contributed by atoms with Gasteiger partial charge < -0.3 is 10.3 Å². The summed E-state index contributed by atoms with van der Waals surface area (Å²) in [7, 11) is 1.92. The smallest absolute Gasteiger partial charge is 0.111 e. The molecule has 0 spiro atoms. The Balaban J connectivity index is 2.45. The SMILES string of the molecule is CC(C)c1nccn1C(c1cnn(C)c1)C(C)N. The van der Waals surface area contributed by atoms with Crippen molar-refractivity contribution in [2.75, 3.05) is 0 Å². The second kappa shape index (κ2) is 4.94. The zero-order chi connectivity index (χ0) is 13.3. The zero-order valence-electron chi connectivity index (χ0n) is 11.4. The monoisotopic (exact) mass is 247 g/mol. The minimum Gasteiger partial charge on any atom is -0.326 e. The van der Waals surface area contributed by atoms with Gasteiger partial charge >= 0.3 is 0 Å². The van der Waals surface area contributed by atoms with Crippen LogP contribution < -0.4 is 5.73 Å². The third-order valence-corrected chi connectivity index (χ3v) is 3.08. The van der Waals surface area contributed by atoms with E-state index in [0.29, 0.717) is 5.92 Å². The second-order valence-electron chi connectivity index (χ2n) is 5.10. The largest absolute Gasteiger partial charge is 0.326 e. The molecule has 2 aromatic heterocycles. The maximum atomic E-state index is 6.15. The van der Waals surface area contributed by atoms with Crippen LogP contribution in [0.15, 0.2) is 24.8 Å². The fourth-order valence-electron chi connectivity index (χ4n) is 2.32. The molecule has 5 heteroatoms. The molecule has 0 aliphatic rings. The summed E-state index contributed by atoms with van der Waals surface area (Å²) >= 11 is 0. The third kappa shape index (κ3) is 2.31. The van der Waals surface area contributed by atoms with Gasteiger partial charge in [0.1, 0.15) is 5.82 Å². The molecule has 0 saturated heterocycles. The highest BCUT2D eigenvalue weighted by Gasteiger charge is 2.23. The third-order valence-electron chi connectivity index (χ3n) is 3.08. The van der Waals surface area contributed by atoms with Crippen LogP contribution in [0.5, 0.6) is 0 Å². The van der Waals surface area contributed by atoms with Gasteiger partial charge in [-0.1, -0.05) is 13.8 Å². The number of aryl methyl sites for hydroxylation is 1. The lowest BCUT2D eigenvalue weighted by atomic mass is 10.0. The van der Waals surface area contributed by atoms with E-state index in [9.17, 15) is 0 Å². The molecule has 2 N–H and O–H groups in total. The van der Waals surface area contributed by atoms with Crippen molar-refractivity contribution in [3.05, 3.63) is 36.2 Å². The van der Waals surface area contributed by atoms with Crippen LogP contribution >= 0.6 is 0 Å². The Labute approximate surface area is 108 Å². The number of hydrogen-bond acceptors (Lipinski definition) is 3. The molecule has 0 fully saturated rings. The molecule has 2 heterocycles. The minimum absolute atomic E-state index is 0.000833. The number of nitrogens with two attached hydrogens (primary N) is 1. The van der Waals surface area contributed by atoms with E-state index in [4.69, 9.17) is 5.73 Å². The topological polar surface area (TPSA) is 61.7 Å².